The van der Waals surface area contributed by atoms with Crippen molar-refractivity contribution in [2.45, 2.75) is 39.8 Å². The van der Waals surface area contributed by atoms with Crippen LogP contribution in [0.4, 0.5) is 0 Å². The molecule has 0 saturated carbocycles. The van der Waals surface area contributed by atoms with Gasteiger partial charge in [0.25, 0.3) is 11.8 Å². The number of hydrogen-bond donors (Lipinski definition) is 0. The highest BCUT2D eigenvalue weighted by atomic mass is 16.2. The molecule has 32 heavy (non-hydrogen) atoms. The number of amides is 2. The van der Waals surface area contributed by atoms with Crippen LogP contribution in [0.3, 0.4) is 0 Å². The Hall–Kier alpha value is -3.41. The van der Waals surface area contributed by atoms with Crippen LogP contribution in [0.5, 0.6) is 0 Å². The van der Waals surface area contributed by atoms with E-state index in [0.29, 0.717) is 18.8 Å². The van der Waals surface area contributed by atoms with E-state index < -0.39 is 0 Å². The third kappa shape index (κ3) is 3.05. The van der Waals surface area contributed by atoms with Gasteiger partial charge in [-0.05, 0) is 43.5 Å². The molecule has 1 unspecified atom stereocenters. The van der Waals surface area contributed by atoms with E-state index >= 15 is 0 Å². The van der Waals surface area contributed by atoms with Crippen LogP contribution in [-0.4, -0.2) is 50.5 Å². The summed E-state index contributed by atoms with van der Waals surface area (Å²) in [6.07, 6.45) is 0. The van der Waals surface area contributed by atoms with Crippen molar-refractivity contribution in [2.75, 3.05) is 13.1 Å². The van der Waals surface area contributed by atoms with Gasteiger partial charge in [-0.25, -0.2) is 4.68 Å². The van der Waals surface area contributed by atoms with Gasteiger partial charge in [0.15, 0.2) is 0 Å². The molecule has 2 aromatic carbocycles. The van der Waals surface area contributed by atoms with E-state index in [0.717, 1.165) is 28.1 Å². The molecule has 1 fully saturated rings. The first-order chi connectivity index (χ1) is 15.4. The lowest BCUT2D eigenvalue weighted by molar-refractivity contribution is 0.00825. The zero-order chi connectivity index (χ0) is 22.6. The molecule has 0 bridgehead atoms. The predicted octanol–water partition coefficient (Wildman–Crippen LogP) is 4.17. The number of para-hydroxylation sites is 1. The summed E-state index contributed by atoms with van der Waals surface area (Å²) in [5.74, 6) is 0.292. The first-order valence-corrected chi connectivity index (χ1v) is 11.2. The van der Waals surface area contributed by atoms with Crippen molar-refractivity contribution >= 4 is 11.8 Å². The Labute approximate surface area is 188 Å². The second kappa shape index (κ2) is 7.62. The number of benzene rings is 2. The van der Waals surface area contributed by atoms with Crippen molar-refractivity contribution in [2.24, 2.45) is 5.92 Å². The van der Waals surface area contributed by atoms with Crippen molar-refractivity contribution in [1.82, 2.24) is 19.6 Å². The van der Waals surface area contributed by atoms with Crippen molar-refractivity contribution in [3.05, 3.63) is 82.7 Å². The molecule has 1 aromatic heterocycles. The minimum absolute atomic E-state index is 0.0103. The Morgan fingerprint density at radius 2 is 1.66 bits per heavy atom. The molecule has 2 aliphatic rings. The predicted molar refractivity (Wildman–Crippen MR) is 123 cm³/mol. The average Bonchev–Trinajstić information content (AvgIpc) is 3.24. The standard InChI is InChI=1S/C26H28N4O2/c1-16(2)23-22-18(4)27-30(19-11-6-5-7-12-19)24(22)26(32)29(23)20-14-28(15-20)25(31)21-13-9-8-10-17(21)3/h5-13,16,20,23H,14-15H2,1-4H3. The molecular formula is C26H28N4O2. The Morgan fingerprint density at radius 1 is 1.00 bits per heavy atom. The normalized spacial score (nSPS) is 18.3. The van der Waals surface area contributed by atoms with Crippen LogP contribution >= 0.6 is 0 Å². The summed E-state index contributed by atoms with van der Waals surface area (Å²) in [4.78, 5) is 30.5. The number of nitrogens with zero attached hydrogens (tertiary/aromatic N) is 4. The monoisotopic (exact) mass is 428 g/mol. The van der Waals surface area contributed by atoms with Gasteiger partial charge < -0.3 is 9.80 Å². The number of carbonyl (C=O) groups is 2. The molecule has 0 radical (unpaired) electrons. The number of aromatic nitrogens is 2. The fraction of sp³-hybridized carbons (Fsp3) is 0.346. The fourth-order valence-electron chi connectivity index (χ4n) is 5.07. The van der Waals surface area contributed by atoms with E-state index in [9.17, 15) is 9.59 Å². The maximum atomic E-state index is 13.7. The number of hydrogen-bond acceptors (Lipinski definition) is 3. The highest BCUT2D eigenvalue weighted by Crippen LogP contribution is 2.43. The number of aryl methyl sites for hydroxylation is 2. The van der Waals surface area contributed by atoms with Gasteiger partial charge in [0, 0.05) is 24.2 Å². The van der Waals surface area contributed by atoms with Gasteiger partial charge in [-0.1, -0.05) is 50.2 Å². The summed E-state index contributed by atoms with van der Waals surface area (Å²) >= 11 is 0. The average molecular weight is 429 g/mol. The molecule has 2 amide bonds. The SMILES string of the molecule is Cc1ccccc1C(=O)N1CC(N2C(=O)c3c(c(C)nn3-c3ccccc3)C2C(C)C)C1. The minimum Gasteiger partial charge on any atom is -0.334 e. The van der Waals surface area contributed by atoms with E-state index in [-0.39, 0.29) is 29.8 Å². The quantitative estimate of drug-likeness (QED) is 0.627. The molecule has 5 rings (SSSR count). The Balaban J connectivity index is 1.44. The van der Waals surface area contributed by atoms with Crippen LogP contribution in [0, 0.1) is 19.8 Å². The summed E-state index contributed by atoms with van der Waals surface area (Å²) in [7, 11) is 0. The van der Waals surface area contributed by atoms with Crippen molar-refractivity contribution in [1.29, 1.82) is 0 Å². The minimum atomic E-state index is -0.0318. The van der Waals surface area contributed by atoms with Crippen LogP contribution in [-0.2, 0) is 0 Å². The maximum Gasteiger partial charge on any atom is 0.273 e. The summed E-state index contributed by atoms with van der Waals surface area (Å²) in [5.41, 5.74) is 5.18. The van der Waals surface area contributed by atoms with E-state index in [4.69, 9.17) is 5.10 Å². The third-order valence-electron chi connectivity index (χ3n) is 6.69. The number of fused-ring (bicyclic) bond motifs is 1. The van der Waals surface area contributed by atoms with Gasteiger partial charge in [-0.3, -0.25) is 9.59 Å². The van der Waals surface area contributed by atoms with E-state index in [1.807, 2.05) is 78.2 Å². The molecule has 1 atom stereocenters. The molecule has 164 valence electrons. The van der Waals surface area contributed by atoms with E-state index in [1.54, 1.807) is 4.68 Å². The lowest BCUT2D eigenvalue weighted by atomic mass is 9.94. The molecule has 3 heterocycles. The molecule has 2 aliphatic heterocycles. The van der Waals surface area contributed by atoms with E-state index in [2.05, 4.69) is 13.8 Å². The van der Waals surface area contributed by atoms with Crippen LogP contribution < -0.4 is 0 Å². The fourth-order valence-corrected chi connectivity index (χ4v) is 5.07. The molecule has 6 heteroatoms. The molecule has 6 nitrogen and oxygen atoms in total. The first kappa shape index (κ1) is 20.5. The second-order valence-corrected chi connectivity index (χ2v) is 9.18. The van der Waals surface area contributed by atoms with Crippen LogP contribution in [0.1, 0.15) is 57.6 Å². The third-order valence-corrected chi connectivity index (χ3v) is 6.69. The Morgan fingerprint density at radius 3 is 2.31 bits per heavy atom. The van der Waals surface area contributed by atoms with Gasteiger partial charge in [0.2, 0.25) is 0 Å². The molecule has 0 N–H and O–H groups in total. The van der Waals surface area contributed by atoms with Crippen molar-refractivity contribution < 1.29 is 9.59 Å². The van der Waals surface area contributed by atoms with Crippen molar-refractivity contribution in [3.63, 3.8) is 0 Å². The molecule has 1 saturated heterocycles. The summed E-state index contributed by atoms with van der Waals surface area (Å²) in [6.45, 7) is 9.36. The van der Waals surface area contributed by atoms with Gasteiger partial charge in [-0.2, -0.15) is 5.10 Å². The van der Waals surface area contributed by atoms with Crippen LogP contribution in [0.25, 0.3) is 5.69 Å². The Bertz CT molecular complexity index is 1190. The van der Waals surface area contributed by atoms with Gasteiger partial charge in [0.1, 0.15) is 5.69 Å². The smallest absolute Gasteiger partial charge is 0.273 e. The summed E-state index contributed by atoms with van der Waals surface area (Å²) in [6, 6.07) is 17.5. The lowest BCUT2D eigenvalue weighted by Crippen LogP contribution is -2.62. The highest BCUT2D eigenvalue weighted by molar-refractivity contribution is 6.00. The molecular weight excluding hydrogens is 400 g/mol. The zero-order valence-electron chi connectivity index (χ0n) is 18.9. The maximum absolute atomic E-state index is 13.7. The number of carbonyl (C=O) groups excluding carboxylic acids is 2. The van der Waals surface area contributed by atoms with Gasteiger partial charge in [-0.15, -0.1) is 0 Å². The summed E-state index contributed by atoms with van der Waals surface area (Å²) < 4.78 is 1.79. The van der Waals surface area contributed by atoms with E-state index in [1.165, 1.54) is 0 Å². The Kier molecular flexibility index (Phi) is 4.88. The second-order valence-electron chi connectivity index (χ2n) is 9.18. The number of likely N-dealkylation sites (tertiary alicyclic amines) is 1. The number of rotatable bonds is 4. The summed E-state index contributed by atoms with van der Waals surface area (Å²) in [5, 5.41) is 4.72. The highest BCUT2D eigenvalue weighted by Gasteiger charge is 2.50. The lowest BCUT2D eigenvalue weighted by Gasteiger charge is -2.47. The van der Waals surface area contributed by atoms with Gasteiger partial charge >= 0.3 is 0 Å². The largest absolute Gasteiger partial charge is 0.334 e. The molecule has 3 aromatic rings. The molecule has 0 spiro atoms. The molecule has 0 aliphatic carbocycles. The topological polar surface area (TPSA) is 58.4 Å². The zero-order valence-corrected chi connectivity index (χ0v) is 18.9. The van der Waals surface area contributed by atoms with Crippen LogP contribution in [0.15, 0.2) is 54.6 Å². The first-order valence-electron chi connectivity index (χ1n) is 11.2. The van der Waals surface area contributed by atoms with Crippen LogP contribution in [0.2, 0.25) is 0 Å². The van der Waals surface area contributed by atoms with Crippen molar-refractivity contribution in [3.8, 4) is 5.69 Å². The van der Waals surface area contributed by atoms with Gasteiger partial charge in [0.05, 0.1) is 23.5 Å².